The second kappa shape index (κ2) is 12.1. The minimum atomic E-state index is 0.443. The molecule has 0 amide bonds. The van der Waals surface area contributed by atoms with Gasteiger partial charge in [-0.3, -0.25) is 4.90 Å². The first kappa shape index (κ1) is 24.4. The van der Waals surface area contributed by atoms with E-state index in [1.165, 1.54) is 5.56 Å². The number of hydrogen-bond donors (Lipinski definition) is 0. The van der Waals surface area contributed by atoms with Crippen molar-refractivity contribution in [1.82, 2.24) is 4.90 Å². The molecule has 3 nitrogen and oxygen atoms in total. The summed E-state index contributed by atoms with van der Waals surface area (Å²) >= 11 is 17.8. The van der Waals surface area contributed by atoms with Gasteiger partial charge >= 0.3 is 0 Å². The second-order valence-electron chi connectivity index (χ2n) is 7.81. The van der Waals surface area contributed by atoms with Crippen molar-refractivity contribution < 1.29 is 0 Å². The fourth-order valence-electron chi connectivity index (χ4n) is 3.70. The lowest BCUT2D eigenvalue weighted by Gasteiger charge is -2.37. The summed E-state index contributed by atoms with van der Waals surface area (Å²) in [4.78, 5) is 4.81. The zero-order valence-corrected chi connectivity index (χ0v) is 20.3. The van der Waals surface area contributed by atoms with E-state index in [-0.39, 0.29) is 0 Å². The minimum Gasteiger partial charge on any atom is -0.368 e. The largest absolute Gasteiger partial charge is 0.368 e. The number of hydrogen-bond acceptors (Lipinski definition) is 3. The Hall–Kier alpha value is -2.22. The third-order valence-electron chi connectivity index (χ3n) is 5.50. The van der Waals surface area contributed by atoms with Crippen molar-refractivity contribution in [3.63, 3.8) is 0 Å². The van der Waals surface area contributed by atoms with E-state index in [2.05, 4.69) is 34.9 Å². The molecule has 1 aliphatic rings. The van der Waals surface area contributed by atoms with Gasteiger partial charge in [-0.2, -0.15) is 5.26 Å². The molecule has 0 radical (unpaired) electrons. The Labute approximate surface area is 205 Å². The lowest BCUT2D eigenvalue weighted by molar-refractivity contribution is 0.246. The first-order chi connectivity index (χ1) is 15.5. The summed E-state index contributed by atoms with van der Waals surface area (Å²) in [7, 11) is 0. The standard InChI is InChI=1S/C20H21Cl2N3.C6H5Cl/c1-15(17-4-2-16(13-23)3-5-17)14-24-8-10-25(11-9-24)20-7-6-18(21)12-19(20)22;7-6-4-2-1-3-5-6/h2-7,12,15H,8-11,14H2,1H3;1-5H. The van der Waals surface area contributed by atoms with Gasteiger partial charge in [0.2, 0.25) is 0 Å². The molecular formula is C26H26Cl3N3. The van der Waals surface area contributed by atoms with E-state index in [0.717, 1.165) is 43.4 Å². The molecule has 166 valence electrons. The smallest absolute Gasteiger partial charge is 0.0991 e. The number of nitriles is 1. The van der Waals surface area contributed by atoms with E-state index in [1.807, 2.05) is 54.6 Å². The molecule has 1 fully saturated rings. The Morgan fingerprint density at radius 3 is 2.03 bits per heavy atom. The molecule has 1 heterocycles. The fourth-order valence-corrected chi connectivity index (χ4v) is 4.38. The van der Waals surface area contributed by atoms with Gasteiger partial charge in [0, 0.05) is 42.8 Å². The quantitative estimate of drug-likeness (QED) is 0.393. The van der Waals surface area contributed by atoms with E-state index in [1.54, 1.807) is 6.07 Å². The lowest BCUT2D eigenvalue weighted by Crippen LogP contribution is -2.47. The number of benzene rings is 3. The highest BCUT2D eigenvalue weighted by Gasteiger charge is 2.20. The molecule has 0 aliphatic carbocycles. The second-order valence-corrected chi connectivity index (χ2v) is 9.09. The van der Waals surface area contributed by atoms with Crippen LogP contribution in [0.1, 0.15) is 24.0 Å². The van der Waals surface area contributed by atoms with Gasteiger partial charge in [-0.1, -0.05) is 72.1 Å². The predicted molar refractivity (Wildman–Crippen MR) is 136 cm³/mol. The van der Waals surface area contributed by atoms with Crippen molar-refractivity contribution >= 4 is 40.5 Å². The highest BCUT2D eigenvalue weighted by Crippen LogP contribution is 2.29. The lowest BCUT2D eigenvalue weighted by atomic mass is 9.99. The van der Waals surface area contributed by atoms with Crippen LogP contribution in [0.2, 0.25) is 15.1 Å². The Balaban J connectivity index is 0.000000352. The summed E-state index contributed by atoms with van der Waals surface area (Å²) in [6.45, 7) is 7.21. The molecule has 1 atom stereocenters. The third-order valence-corrected chi connectivity index (χ3v) is 6.29. The zero-order chi connectivity index (χ0) is 22.9. The first-order valence-electron chi connectivity index (χ1n) is 10.6. The summed E-state index contributed by atoms with van der Waals surface area (Å²) in [5, 5.41) is 11.1. The maximum Gasteiger partial charge on any atom is 0.0991 e. The topological polar surface area (TPSA) is 30.3 Å². The molecule has 1 saturated heterocycles. The fraction of sp³-hybridized carbons (Fsp3) is 0.269. The minimum absolute atomic E-state index is 0.443. The Kier molecular flexibility index (Phi) is 9.26. The number of piperazine rings is 1. The number of nitrogens with zero attached hydrogens (tertiary/aromatic N) is 3. The summed E-state index contributed by atoms with van der Waals surface area (Å²) < 4.78 is 0. The third kappa shape index (κ3) is 7.15. The van der Waals surface area contributed by atoms with Crippen LogP contribution in [0.5, 0.6) is 0 Å². The molecule has 0 N–H and O–H groups in total. The van der Waals surface area contributed by atoms with Gasteiger partial charge in [-0.05, 0) is 53.9 Å². The summed E-state index contributed by atoms with van der Waals surface area (Å²) in [6.07, 6.45) is 0. The van der Waals surface area contributed by atoms with Gasteiger partial charge in [0.05, 0.1) is 22.3 Å². The Morgan fingerprint density at radius 2 is 1.50 bits per heavy atom. The van der Waals surface area contributed by atoms with Crippen molar-refractivity contribution in [2.24, 2.45) is 0 Å². The predicted octanol–water partition coefficient (Wildman–Crippen LogP) is 7.13. The van der Waals surface area contributed by atoms with Crippen LogP contribution in [0.15, 0.2) is 72.8 Å². The van der Waals surface area contributed by atoms with Gasteiger partial charge in [-0.25, -0.2) is 0 Å². The highest BCUT2D eigenvalue weighted by molar-refractivity contribution is 6.36. The normalized spacial score (nSPS) is 14.8. The maximum absolute atomic E-state index is 8.90. The Bertz CT molecular complexity index is 1020. The zero-order valence-electron chi connectivity index (χ0n) is 18.0. The summed E-state index contributed by atoms with van der Waals surface area (Å²) in [5.41, 5.74) is 3.05. The van der Waals surface area contributed by atoms with Gasteiger partial charge < -0.3 is 4.90 Å². The monoisotopic (exact) mass is 485 g/mol. The molecular weight excluding hydrogens is 461 g/mol. The van der Waals surface area contributed by atoms with Gasteiger partial charge in [0.25, 0.3) is 0 Å². The van der Waals surface area contributed by atoms with Crippen LogP contribution >= 0.6 is 34.8 Å². The molecule has 0 aromatic heterocycles. The Morgan fingerprint density at radius 1 is 0.844 bits per heavy atom. The molecule has 0 spiro atoms. The van der Waals surface area contributed by atoms with E-state index < -0.39 is 0 Å². The van der Waals surface area contributed by atoms with Crippen LogP contribution in [0.25, 0.3) is 0 Å². The first-order valence-corrected chi connectivity index (χ1v) is 11.7. The van der Waals surface area contributed by atoms with Crippen molar-refractivity contribution in [3.05, 3.63) is 99.0 Å². The van der Waals surface area contributed by atoms with E-state index in [0.29, 0.717) is 21.5 Å². The molecule has 32 heavy (non-hydrogen) atoms. The van der Waals surface area contributed by atoms with Gasteiger partial charge in [0.1, 0.15) is 0 Å². The molecule has 4 rings (SSSR count). The molecule has 0 saturated carbocycles. The maximum atomic E-state index is 8.90. The summed E-state index contributed by atoms with van der Waals surface area (Å²) in [6, 6.07) is 25.2. The average Bonchev–Trinajstić information content (AvgIpc) is 2.81. The van der Waals surface area contributed by atoms with Crippen molar-refractivity contribution in [2.75, 3.05) is 37.6 Å². The average molecular weight is 487 g/mol. The number of halogens is 3. The van der Waals surface area contributed by atoms with Crippen LogP contribution in [-0.2, 0) is 0 Å². The van der Waals surface area contributed by atoms with Crippen molar-refractivity contribution in [2.45, 2.75) is 12.8 Å². The van der Waals surface area contributed by atoms with E-state index in [9.17, 15) is 0 Å². The van der Waals surface area contributed by atoms with Crippen LogP contribution < -0.4 is 4.90 Å². The van der Waals surface area contributed by atoms with Crippen LogP contribution in [-0.4, -0.2) is 37.6 Å². The summed E-state index contributed by atoms with van der Waals surface area (Å²) in [5.74, 6) is 0.443. The highest BCUT2D eigenvalue weighted by atomic mass is 35.5. The van der Waals surface area contributed by atoms with Crippen molar-refractivity contribution in [1.29, 1.82) is 5.26 Å². The number of rotatable bonds is 4. The van der Waals surface area contributed by atoms with Crippen LogP contribution in [0, 0.1) is 11.3 Å². The molecule has 1 aliphatic heterocycles. The van der Waals surface area contributed by atoms with E-state index >= 15 is 0 Å². The molecule has 3 aromatic rings. The van der Waals surface area contributed by atoms with Crippen LogP contribution in [0.3, 0.4) is 0 Å². The number of anilines is 1. The van der Waals surface area contributed by atoms with E-state index in [4.69, 9.17) is 40.1 Å². The molecule has 6 heteroatoms. The van der Waals surface area contributed by atoms with Crippen LogP contribution in [0.4, 0.5) is 5.69 Å². The van der Waals surface area contributed by atoms with Gasteiger partial charge in [-0.15, -0.1) is 0 Å². The van der Waals surface area contributed by atoms with Gasteiger partial charge in [0.15, 0.2) is 0 Å². The SMILES string of the molecule is CC(CN1CCN(c2ccc(Cl)cc2Cl)CC1)c1ccc(C#N)cc1.Clc1ccccc1. The van der Waals surface area contributed by atoms with Crippen molar-refractivity contribution in [3.8, 4) is 6.07 Å². The molecule has 3 aromatic carbocycles. The molecule has 0 bridgehead atoms. The molecule has 1 unspecified atom stereocenters.